The molecule has 0 aliphatic carbocycles. The highest BCUT2D eigenvalue weighted by Gasteiger charge is 1.86. The van der Waals surface area contributed by atoms with Crippen LogP contribution in [0, 0.1) is 0 Å². The molecule has 0 N–H and O–H groups in total. The van der Waals surface area contributed by atoms with Crippen LogP contribution in [0.4, 0.5) is 0 Å². The molecule has 0 radical (unpaired) electrons. The summed E-state index contributed by atoms with van der Waals surface area (Å²) >= 11 is 3.54. The fourth-order valence-corrected chi connectivity index (χ4v) is 1.90. The van der Waals surface area contributed by atoms with Crippen LogP contribution in [0.3, 0.4) is 0 Å². The largest absolute Gasteiger partial charge is 0.137 e. The maximum atomic E-state index is 2.12. The Hall–Kier alpha value is -0.210. The Bertz CT molecular complexity index is 175. The van der Waals surface area contributed by atoms with Gasteiger partial charge < -0.3 is 0 Å². The average Bonchev–Trinajstić information content (AvgIpc) is 2.34. The Morgan fingerprint density at radius 3 is 3.11 bits per heavy atom. The summed E-state index contributed by atoms with van der Waals surface area (Å²) < 4.78 is 1.35. The summed E-state index contributed by atoms with van der Waals surface area (Å²) in [6, 6.07) is 4.19. The van der Waals surface area contributed by atoms with Gasteiger partial charge in [-0.25, -0.2) is 0 Å². The first kappa shape index (κ1) is 6.90. The standard InChI is InChI=1S/C7H8S2/c1-2-5-8-7-4-3-6-9-7/h2-6H,1H3. The molecule has 1 heterocycles. The first-order chi connectivity index (χ1) is 4.43. The number of allylic oxidation sites excluding steroid dienone is 1. The maximum absolute atomic E-state index is 2.12. The van der Waals surface area contributed by atoms with Gasteiger partial charge in [0.05, 0.1) is 4.21 Å². The number of thiophene rings is 1. The number of hydrogen-bond acceptors (Lipinski definition) is 2. The molecule has 0 bridgehead atoms. The van der Waals surface area contributed by atoms with E-state index in [0.29, 0.717) is 0 Å². The van der Waals surface area contributed by atoms with Crippen LogP contribution < -0.4 is 0 Å². The fourth-order valence-electron chi connectivity index (χ4n) is 0.466. The lowest BCUT2D eigenvalue weighted by Crippen LogP contribution is -1.48. The fraction of sp³-hybridized carbons (Fsp3) is 0.143. The highest BCUT2D eigenvalue weighted by Crippen LogP contribution is 2.23. The minimum Gasteiger partial charge on any atom is -0.137 e. The number of thioether (sulfide) groups is 1. The minimum absolute atomic E-state index is 1.35. The Kier molecular flexibility index (Phi) is 2.87. The molecule has 0 aliphatic heterocycles. The van der Waals surface area contributed by atoms with Crippen molar-refractivity contribution in [1.29, 1.82) is 0 Å². The summed E-state index contributed by atoms with van der Waals surface area (Å²) in [5, 5.41) is 4.18. The van der Waals surface area contributed by atoms with Gasteiger partial charge in [0, 0.05) is 0 Å². The van der Waals surface area contributed by atoms with Crippen LogP contribution in [0.5, 0.6) is 0 Å². The van der Waals surface area contributed by atoms with Crippen LogP contribution in [0.2, 0.25) is 0 Å². The van der Waals surface area contributed by atoms with Gasteiger partial charge in [-0.2, -0.15) is 0 Å². The lowest BCUT2D eigenvalue weighted by atomic mass is 10.7. The van der Waals surface area contributed by atoms with E-state index in [9.17, 15) is 0 Å². The van der Waals surface area contributed by atoms with Crippen molar-refractivity contribution in [3.05, 3.63) is 29.0 Å². The summed E-state index contributed by atoms with van der Waals surface area (Å²) in [5.74, 6) is 0. The lowest BCUT2D eigenvalue weighted by molar-refractivity contribution is 1.74. The third-order valence-electron chi connectivity index (χ3n) is 0.815. The summed E-state index contributed by atoms with van der Waals surface area (Å²) in [6.45, 7) is 2.03. The van der Waals surface area contributed by atoms with Crippen LogP contribution >= 0.6 is 23.1 Å². The van der Waals surface area contributed by atoms with Gasteiger partial charge in [0.1, 0.15) is 0 Å². The molecule has 0 nitrogen and oxygen atoms in total. The van der Waals surface area contributed by atoms with Gasteiger partial charge in [-0.05, 0) is 23.8 Å². The number of rotatable bonds is 2. The summed E-state index contributed by atoms with van der Waals surface area (Å²) in [5.41, 5.74) is 0. The van der Waals surface area contributed by atoms with Crippen molar-refractivity contribution < 1.29 is 0 Å². The van der Waals surface area contributed by atoms with Crippen molar-refractivity contribution in [2.75, 3.05) is 0 Å². The smallest absolute Gasteiger partial charge is 0.0640 e. The predicted molar refractivity (Wildman–Crippen MR) is 45.0 cm³/mol. The summed E-state index contributed by atoms with van der Waals surface area (Å²) in [4.78, 5) is 0. The van der Waals surface area contributed by atoms with Gasteiger partial charge in [-0.15, -0.1) is 11.3 Å². The van der Waals surface area contributed by atoms with E-state index in [2.05, 4.69) is 22.9 Å². The second-order valence-corrected chi connectivity index (χ2v) is 3.67. The zero-order valence-corrected chi connectivity index (χ0v) is 6.84. The molecule has 9 heavy (non-hydrogen) atoms. The highest BCUT2D eigenvalue weighted by atomic mass is 32.2. The zero-order valence-electron chi connectivity index (χ0n) is 5.20. The van der Waals surface area contributed by atoms with Gasteiger partial charge in [0.2, 0.25) is 0 Å². The van der Waals surface area contributed by atoms with Gasteiger partial charge in [0.25, 0.3) is 0 Å². The van der Waals surface area contributed by atoms with E-state index >= 15 is 0 Å². The van der Waals surface area contributed by atoms with E-state index in [1.807, 2.05) is 13.0 Å². The second kappa shape index (κ2) is 3.75. The molecule has 0 atom stereocenters. The molecule has 0 saturated heterocycles. The zero-order chi connectivity index (χ0) is 6.53. The van der Waals surface area contributed by atoms with E-state index in [1.54, 1.807) is 23.1 Å². The normalized spacial score (nSPS) is 10.8. The molecular formula is C7H8S2. The van der Waals surface area contributed by atoms with Crippen molar-refractivity contribution in [2.24, 2.45) is 0 Å². The van der Waals surface area contributed by atoms with Crippen LogP contribution in [0.15, 0.2) is 33.2 Å². The molecular weight excluding hydrogens is 148 g/mol. The first-order valence-corrected chi connectivity index (χ1v) is 4.50. The molecule has 0 fully saturated rings. The van der Waals surface area contributed by atoms with Gasteiger partial charge in [-0.3, -0.25) is 0 Å². The van der Waals surface area contributed by atoms with E-state index < -0.39 is 0 Å². The summed E-state index contributed by atoms with van der Waals surface area (Å²) in [6.07, 6.45) is 2.05. The summed E-state index contributed by atoms with van der Waals surface area (Å²) in [7, 11) is 0. The van der Waals surface area contributed by atoms with Crippen LogP contribution in [-0.2, 0) is 0 Å². The molecule has 1 rings (SSSR count). The molecule has 1 aromatic rings. The first-order valence-electron chi connectivity index (χ1n) is 2.75. The number of hydrogen-bond donors (Lipinski definition) is 0. The van der Waals surface area contributed by atoms with Crippen molar-refractivity contribution in [2.45, 2.75) is 11.1 Å². The SMILES string of the molecule is CC=CSc1cccs1. The topological polar surface area (TPSA) is 0 Å². The van der Waals surface area contributed by atoms with Crippen molar-refractivity contribution >= 4 is 23.1 Å². The quantitative estimate of drug-likeness (QED) is 0.591. The Labute approximate surface area is 63.6 Å². The van der Waals surface area contributed by atoms with E-state index in [4.69, 9.17) is 0 Å². The van der Waals surface area contributed by atoms with Gasteiger partial charge >= 0.3 is 0 Å². The third kappa shape index (κ3) is 2.24. The monoisotopic (exact) mass is 156 g/mol. The van der Waals surface area contributed by atoms with E-state index in [1.165, 1.54) is 4.21 Å². The highest BCUT2D eigenvalue weighted by molar-refractivity contribution is 8.03. The van der Waals surface area contributed by atoms with E-state index in [-0.39, 0.29) is 0 Å². The van der Waals surface area contributed by atoms with Gasteiger partial charge in [0.15, 0.2) is 0 Å². The predicted octanol–water partition coefficient (Wildman–Crippen LogP) is 3.37. The van der Waals surface area contributed by atoms with Crippen molar-refractivity contribution in [1.82, 2.24) is 0 Å². The molecule has 0 spiro atoms. The molecule has 0 aromatic carbocycles. The molecule has 0 aliphatic rings. The second-order valence-electron chi connectivity index (χ2n) is 1.52. The van der Waals surface area contributed by atoms with Crippen LogP contribution in [-0.4, -0.2) is 0 Å². The van der Waals surface area contributed by atoms with E-state index in [0.717, 1.165) is 0 Å². The molecule has 0 saturated carbocycles. The molecule has 48 valence electrons. The van der Waals surface area contributed by atoms with Crippen molar-refractivity contribution in [3.63, 3.8) is 0 Å². The van der Waals surface area contributed by atoms with Crippen molar-refractivity contribution in [3.8, 4) is 0 Å². The molecule has 0 amide bonds. The molecule has 0 unspecified atom stereocenters. The third-order valence-corrected chi connectivity index (χ3v) is 2.83. The Balaban J connectivity index is 2.48. The average molecular weight is 156 g/mol. The maximum Gasteiger partial charge on any atom is 0.0640 e. The molecule has 2 heteroatoms. The van der Waals surface area contributed by atoms with Crippen LogP contribution in [0.1, 0.15) is 6.92 Å². The van der Waals surface area contributed by atoms with Gasteiger partial charge in [-0.1, -0.05) is 23.9 Å². The molecule has 1 aromatic heterocycles. The van der Waals surface area contributed by atoms with Crippen LogP contribution in [0.25, 0.3) is 0 Å². The Morgan fingerprint density at radius 1 is 1.67 bits per heavy atom. The lowest BCUT2D eigenvalue weighted by Gasteiger charge is -1.82. The Morgan fingerprint density at radius 2 is 2.56 bits per heavy atom. The minimum atomic E-state index is 1.35.